The number of pyridine rings is 1. The molecule has 0 unspecified atom stereocenters. The Bertz CT molecular complexity index is 325. The second kappa shape index (κ2) is 4.48. The lowest BCUT2D eigenvalue weighted by molar-refractivity contribution is -0.154. The van der Waals surface area contributed by atoms with Crippen LogP contribution in [-0.4, -0.2) is 17.8 Å². The van der Waals surface area contributed by atoms with E-state index in [4.69, 9.17) is 5.73 Å². The van der Waals surface area contributed by atoms with Crippen molar-refractivity contribution >= 4 is 0 Å². The summed E-state index contributed by atoms with van der Waals surface area (Å²) in [6.07, 6.45) is -2.99. The van der Waals surface area contributed by atoms with Crippen LogP contribution in [0.1, 0.15) is 18.5 Å². The summed E-state index contributed by atoms with van der Waals surface area (Å²) in [6.45, 7) is 0.380. The predicted molar refractivity (Wildman–Crippen MR) is 48.4 cm³/mol. The molecule has 0 spiro atoms. The smallest absolute Gasteiger partial charge is 0.422 e. The highest BCUT2D eigenvalue weighted by Crippen LogP contribution is 2.19. The molecule has 0 aliphatic heterocycles. The van der Waals surface area contributed by atoms with Crippen LogP contribution < -0.4 is 10.5 Å². The number of nitrogens with two attached hydrogens (primary N) is 1. The fraction of sp³-hybridized carbons (Fsp3) is 0.444. The summed E-state index contributed by atoms with van der Waals surface area (Å²) in [4.78, 5) is 3.65. The van der Waals surface area contributed by atoms with Gasteiger partial charge in [0.05, 0.1) is 0 Å². The first-order chi connectivity index (χ1) is 6.88. The average molecular weight is 220 g/mol. The first-order valence-corrected chi connectivity index (χ1v) is 4.29. The Kier molecular flexibility index (Phi) is 3.52. The minimum Gasteiger partial charge on any atom is -0.468 e. The zero-order valence-electron chi connectivity index (χ0n) is 8.08. The van der Waals surface area contributed by atoms with E-state index in [-0.39, 0.29) is 11.9 Å². The quantitative estimate of drug-likeness (QED) is 0.847. The Morgan fingerprint density at radius 1 is 1.53 bits per heavy atom. The summed E-state index contributed by atoms with van der Waals surface area (Å²) in [5.74, 6) is -0.0675. The van der Waals surface area contributed by atoms with Gasteiger partial charge in [-0.15, -0.1) is 0 Å². The van der Waals surface area contributed by atoms with Gasteiger partial charge in [0.1, 0.15) is 0 Å². The Balaban J connectivity index is 2.66. The number of hydrogen-bond donors (Lipinski definition) is 1. The van der Waals surface area contributed by atoms with E-state index in [0.29, 0.717) is 5.56 Å². The van der Waals surface area contributed by atoms with Gasteiger partial charge in [0.25, 0.3) is 0 Å². The Labute approximate surface area is 85.1 Å². The number of halogens is 3. The molecule has 15 heavy (non-hydrogen) atoms. The summed E-state index contributed by atoms with van der Waals surface area (Å²) in [5.41, 5.74) is 6.24. The molecule has 1 rings (SSSR count). The van der Waals surface area contributed by atoms with Crippen LogP contribution >= 0.6 is 0 Å². The van der Waals surface area contributed by atoms with Crippen molar-refractivity contribution in [3.63, 3.8) is 0 Å². The van der Waals surface area contributed by atoms with E-state index in [2.05, 4.69) is 9.72 Å². The maximum absolute atomic E-state index is 11.8. The van der Waals surface area contributed by atoms with Crippen LogP contribution in [0.2, 0.25) is 0 Å². The highest BCUT2D eigenvalue weighted by molar-refractivity contribution is 5.22. The standard InChI is InChI=1S/C9H11F3N2O/c1-6(13)7-2-3-14-8(4-7)15-5-9(10,11)12/h2-4,6H,5,13H2,1H3/t6-/m1/s1. The lowest BCUT2D eigenvalue weighted by atomic mass is 10.1. The highest BCUT2D eigenvalue weighted by atomic mass is 19.4. The molecule has 0 fully saturated rings. The molecule has 1 aromatic heterocycles. The van der Waals surface area contributed by atoms with Crippen molar-refractivity contribution in [1.82, 2.24) is 4.98 Å². The zero-order valence-corrected chi connectivity index (χ0v) is 8.08. The first-order valence-electron chi connectivity index (χ1n) is 4.29. The molecule has 2 N–H and O–H groups in total. The van der Waals surface area contributed by atoms with Crippen LogP contribution in [0.25, 0.3) is 0 Å². The number of alkyl halides is 3. The SMILES string of the molecule is C[C@@H](N)c1ccnc(OCC(F)(F)F)c1. The van der Waals surface area contributed by atoms with Gasteiger partial charge in [0, 0.05) is 18.3 Å². The molecule has 0 aromatic carbocycles. The lowest BCUT2D eigenvalue weighted by Gasteiger charge is -2.10. The molecule has 3 nitrogen and oxygen atoms in total. The number of rotatable bonds is 3. The van der Waals surface area contributed by atoms with Gasteiger partial charge in [-0.1, -0.05) is 0 Å². The maximum Gasteiger partial charge on any atom is 0.422 e. The predicted octanol–water partition coefficient (Wildman–Crippen LogP) is 2.04. The Morgan fingerprint density at radius 3 is 2.73 bits per heavy atom. The molecule has 84 valence electrons. The molecule has 0 saturated heterocycles. The van der Waals surface area contributed by atoms with Crippen molar-refractivity contribution in [2.45, 2.75) is 19.1 Å². The van der Waals surface area contributed by atoms with Crippen molar-refractivity contribution < 1.29 is 17.9 Å². The van der Waals surface area contributed by atoms with E-state index >= 15 is 0 Å². The van der Waals surface area contributed by atoms with Gasteiger partial charge in [-0.05, 0) is 18.6 Å². The van der Waals surface area contributed by atoms with Crippen molar-refractivity contribution in [1.29, 1.82) is 0 Å². The van der Waals surface area contributed by atoms with Crippen LogP contribution in [0.3, 0.4) is 0 Å². The number of ether oxygens (including phenoxy) is 1. The van der Waals surface area contributed by atoms with E-state index in [1.165, 1.54) is 12.3 Å². The summed E-state index contributed by atoms with van der Waals surface area (Å²) in [7, 11) is 0. The maximum atomic E-state index is 11.8. The van der Waals surface area contributed by atoms with Crippen LogP contribution in [0.5, 0.6) is 5.88 Å². The third-order valence-corrected chi connectivity index (χ3v) is 1.67. The molecular weight excluding hydrogens is 209 g/mol. The van der Waals surface area contributed by atoms with Gasteiger partial charge in [-0.3, -0.25) is 0 Å². The van der Waals surface area contributed by atoms with Gasteiger partial charge in [-0.2, -0.15) is 13.2 Å². The summed E-state index contributed by atoms with van der Waals surface area (Å²) >= 11 is 0. The molecule has 0 amide bonds. The van der Waals surface area contributed by atoms with Crippen LogP contribution in [-0.2, 0) is 0 Å². The van der Waals surface area contributed by atoms with Gasteiger partial charge >= 0.3 is 6.18 Å². The fourth-order valence-electron chi connectivity index (χ4n) is 0.943. The lowest BCUT2D eigenvalue weighted by Crippen LogP contribution is -2.19. The second-order valence-electron chi connectivity index (χ2n) is 3.12. The topological polar surface area (TPSA) is 48.1 Å². The van der Waals surface area contributed by atoms with E-state index in [0.717, 1.165) is 0 Å². The van der Waals surface area contributed by atoms with Crippen molar-refractivity contribution in [3.8, 4) is 5.88 Å². The average Bonchev–Trinajstić information content (AvgIpc) is 2.14. The van der Waals surface area contributed by atoms with Crippen molar-refractivity contribution in [2.24, 2.45) is 5.73 Å². The third-order valence-electron chi connectivity index (χ3n) is 1.67. The van der Waals surface area contributed by atoms with E-state index in [1.54, 1.807) is 13.0 Å². The fourth-order valence-corrected chi connectivity index (χ4v) is 0.943. The van der Waals surface area contributed by atoms with Gasteiger partial charge in [0.2, 0.25) is 5.88 Å². The minimum atomic E-state index is -4.36. The van der Waals surface area contributed by atoms with Gasteiger partial charge in [0.15, 0.2) is 6.61 Å². The molecule has 0 aliphatic rings. The van der Waals surface area contributed by atoms with E-state index < -0.39 is 12.8 Å². The molecule has 1 aromatic rings. The first kappa shape index (κ1) is 11.8. The molecule has 1 heterocycles. The molecule has 0 aliphatic carbocycles. The highest BCUT2D eigenvalue weighted by Gasteiger charge is 2.28. The summed E-state index contributed by atoms with van der Waals surface area (Å²) in [5, 5.41) is 0. The Hall–Kier alpha value is -1.30. The monoisotopic (exact) mass is 220 g/mol. The number of aromatic nitrogens is 1. The Morgan fingerprint density at radius 2 is 2.20 bits per heavy atom. The number of nitrogens with zero attached hydrogens (tertiary/aromatic N) is 1. The molecule has 1 atom stereocenters. The second-order valence-corrected chi connectivity index (χ2v) is 3.12. The normalized spacial score (nSPS) is 13.7. The molecule has 6 heteroatoms. The third kappa shape index (κ3) is 4.16. The zero-order chi connectivity index (χ0) is 11.5. The van der Waals surface area contributed by atoms with Gasteiger partial charge in [-0.25, -0.2) is 4.98 Å². The largest absolute Gasteiger partial charge is 0.468 e. The van der Waals surface area contributed by atoms with Crippen LogP contribution in [0, 0.1) is 0 Å². The molecule has 0 bridgehead atoms. The van der Waals surface area contributed by atoms with Crippen molar-refractivity contribution in [2.75, 3.05) is 6.61 Å². The van der Waals surface area contributed by atoms with Gasteiger partial charge < -0.3 is 10.5 Å². The van der Waals surface area contributed by atoms with Crippen molar-refractivity contribution in [3.05, 3.63) is 23.9 Å². The minimum absolute atomic E-state index is 0.0675. The van der Waals surface area contributed by atoms with E-state index in [1.807, 2.05) is 0 Å². The number of hydrogen-bond acceptors (Lipinski definition) is 3. The van der Waals surface area contributed by atoms with Crippen LogP contribution in [0.4, 0.5) is 13.2 Å². The molecular formula is C9H11F3N2O. The molecule has 0 saturated carbocycles. The van der Waals surface area contributed by atoms with E-state index in [9.17, 15) is 13.2 Å². The van der Waals surface area contributed by atoms with Crippen LogP contribution in [0.15, 0.2) is 18.3 Å². The molecule has 0 radical (unpaired) electrons. The summed E-state index contributed by atoms with van der Waals surface area (Å²) < 4.78 is 39.9. The summed E-state index contributed by atoms with van der Waals surface area (Å²) in [6, 6.07) is 2.77.